The molecule has 1 saturated heterocycles. The van der Waals surface area contributed by atoms with Gasteiger partial charge in [0.05, 0.1) is 12.1 Å². The van der Waals surface area contributed by atoms with Crippen LogP contribution < -0.4 is 5.32 Å². The Kier molecular flexibility index (Phi) is 4.24. The summed E-state index contributed by atoms with van der Waals surface area (Å²) in [5, 5.41) is 3.20. The van der Waals surface area contributed by atoms with E-state index in [0.29, 0.717) is 18.7 Å². The van der Waals surface area contributed by atoms with Crippen LogP contribution in [0.25, 0.3) is 0 Å². The monoisotopic (exact) mass is 254 g/mol. The van der Waals surface area contributed by atoms with Crippen molar-refractivity contribution < 1.29 is 13.2 Å². The maximum Gasteiger partial charge on any atom is 0.144 e. The van der Waals surface area contributed by atoms with Crippen LogP contribution >= 0.6 is 0 Å². The molecule has 0 amide bonds. The molecular weight excluding hydrogens is 241 g/mol. The smallest absolute Gasteiger partial charge is 0.144 e. The van der Waals surface area contributed by atoms with E-state index in [-0.39, 0.29) is 5.56 Å². The minimum Gasteiger partial charge on any atom is -0.314 e. The van der Waals surface area contributed by atoms with Gasteiger partial charge in [-0.1, -0.05) is 11.8 Å². The molecule has 1 aromatic rings. The molecule has 2 nitrogen and oxygen atoms in total. The van der Waals surface area contributed by atoms with Crippen LogP contribution in [-0.2, 0) is 0 Å². The van der Waals surface area contributed by atoms with Crippen molar-refractivity contribution in [3.05, 3.63) is 35.1 Å². The molecule has 0 radical (unpaired) electrons. The van der Waals surface area contributed by atoms with Crippen molar-refractivity contribution in [1.82, 2.24) is 10.2 Å². The normalized spacial score (nSPS) is 16.2. The molecule has 0 aliphatic carbocycles. The summed E-state index contributed by atoms with van der Waals surface area (Å²) in [4.78, 5) is 2.09. The number of piperazine rings is 1. The minimum atomic E-state index is -0.958. The van der Waals surface area contributed by atoms with Crippen molar-refractivity contribution in [2.75, 3.05) is 32.7 Å². The van der Waals surface area contributed by atoms with Crippen LogP contribution in [0.1, 0.15) is 5.56 Å². The highest BCUT2D eigenvalue weighted by Gasteiger charge is 2.10. The SMILES string of the molecule is Fc1cc(F)c(C#CCN2CCNCC2)c(F)c1. The van der Waals surface area contributed by atoms with Gasteiger partial charge < -0.3 is 5.32 Å². The largest absolute Gasteiger partial charge is 0.314 e. The zero-order valence-corrected chi connectivity index (χ0v) is 9.77. The van der Waals surface area contributed by atoms with Crippen LogP contribution in [0.15, 0.2) is 12.1 Å². The second-order valence-electron chi connectivity index (χ2n) is 4.07. The van der Waals surface area contributed by atoms with Gasteiger partial charge in [0.25, 0.3) is 0 Å². The molecule has 0 unspecified atom stereocenters. The molecule has 18 heavy (non-hydrogen) atoms. The first-order valence-corrected chi connectivity index (χ1v) is 5.73. The average molecular weight is 254 g/mol. The maximum atomic E-state index is 13.3. The van der Waals surface area contributed by atoms with E-state index in [9.17, 15) is 13.2 Å². The molecule has 0 spiro atoms. The van der Waals surface area contributed by atoms with E-state index in [1.165, 1.54) is 0 Å². The molecule has 0 aromatic heterocycles. The number of rotatable bonds is 1. The van der Waals surface area contributed by atoms with Gasteiger partial charge in [0, 0.05) is 38.3 Å². The van der Waals surface area contributed by atoms with E-state index >= 15 is 0 Å². The lowest BCUT2D eigenvalue weighted by molar-refractivity contribution is 0.268. The highest BCUT2D eigenvalue weighted by molar-refractivity contribution is 5.37. The van der Waals surface area contributed by atoms with Crippen molar-refractivity contribution in [2.45, 2.75) is 0 Å². The van der Waals surface area contributed by atoms with E-state index < -0.39 is 17.5 Å². The van der Waals surface area contributed by atoms with Crippen molar-refractivity contribution in [2.24, 2.45) is 0 Å². The Balaban J connectivity index is 2.05. The molecule has 1 aliphatic rings. The molecule has 96 valence electrons. The van der Waals surface area contributed by atoms with Crippen LogP contribution in [-0.4, -0.2) is 37.6 Å². The molecule has 1 heterocycles. The summed E-state index contributed by atoms with van der Waals surface area (Å²) in [6.07, 6.45) is 0. The molecule has 0 atom stereocenters. The second-order valence-corrected chi connectivity index (χ2v) is 4.07. The summed E-state index contributed by atoms with van der Waals surface area (Å²) in [5.41, 5.74) is -0.369. The fourth-order valence-electron chi connectivity index (χ4n) is 1.77. The lowest BCUT2D eigenvalue weighted by Crippen LogP contribution is -2.43. The predicted molar refractivity (Wildman–Crippen MR) is 62.5 cm³/mol. The van der Waals surface area contributed by atoms with Crippen molar-refractivity contribution in [1.29, 1.82) is 0 Å². The molecule has 1 N–H and O–H groups in total. The van der Waals surface area contributed by atoms with E-state index in [0.717, 1.165) is 26.2 Å². The molecular formula is C13H13F3N2. The van der Waals surface area contributed by atoms with E-state index in [1.54, 1.807) is 0 Å². The number of nitrogens with zero attached hydrogens (tertiary/aromatic N) is 1. The summed E-state index contributed by atoms with van der Waals surface area (Å²) in [6.45, 7) is 3.96. The highest BCUT2D eigenvalue weighted by atomic mass is 19.1. The Hall–Kier alpha value is -1.51. The maximum absolute atomic E-state index is 13.3. The number of nitrogens with one attached hydrogen (secondary N) is 1. The molecule has 5 heteroatoms. The van der Waals surface area contributed by atoms with Crippen molar-refractivity contribution in [3.8, 4) is 11.8 Å². The van der Waals surface area contributed by atoms with E-state index in [4.69, 9.17) is 0 Å². The van der Waals surface area contributed by atoms with Gasteiger partial charge in [-0.2, -0.15) is 0 Å². The Morgan fingerprint density at radius 1 is 1.11 bits per heavy atom. The zero-order chi connectivity index (χ0) is 13.0. The number of hydrogen-bond donors (Lipinski definition) is 1. The van der Waals surface area contributed by atoms with Gasteiger partial charge in [-0.3, -0.25) is 4.90 Å². The third kappa shape index (κ3) is 3.25. The Labute approximate surface area is 104 Å². The van der Waals surface area contributed by atoms with Gasteiger partial charge in [0.1, 0.15) is 17.5 Å². The van der Waals surface area contributed by atoms with Crippen LogP contribution in [0, 0.1) is 29.3 Å². The summed E-state index contributed by atoms with van der Waals surface area (Å²) >= 11 is 0. The summed E-state index contributed by atoms with van der Waals surface area (Å²) in [7, 11) is 0. The van der Waals surface area contributed by atoms with E-state index in [1.807, 2.05) is 0 Å². The van der Waals surface area contributed by atoms with Crippen molar-refractivity contribution in [3.63, 3.8) is 0 Å². The van der Waals surface area contributed by atoms with Crippen molar-refractivity contribution >= 4 is 0 Å². The Morgan fingerprint density at radius 3 is 2.33 bits per heavy atom. The average Bonchev–Trinajstić information content (AvgIpc) is 2.34. The first-order valence-electron chi connectivity index (χ1n) is 5.73. The summed E-state index contributed by atoms with van der Waals surface area (Å²) in [5.74, 6) is 2.30. The van der Waals surface area contributed by atoms with Gasteiger partial charge in [0.15, 0.2) is 0 Å². The zero-order valence-electron chi connectivity index (χ0n) is 9.77. The molecule has 1 aliphatic heterocycles. The quantitative estimate of drug-likeness (QED) is 0.761. The Morgan fingerprint density at radius 2 is 1.72 bits per heavy atom. The fourth-order valence-corrected chi connectivity index (χ4v) is 1.77. The molecule has 1 fully saturated rings. The molecule has 2 rings (SSSR count). The summed E-state index contributed by atoms with van der Waals surface area (Å²) in [6, 6.07) is 1.27. The molecule has 0 saturated carbocycles. The van der Waals surface area contributed by atoms with Gasteiger partial charge >= 0.3 is 0 Å². The van der Waals surface area contributed by atoms with Gasteiger partial charge in [-0.05, 0) is 0 Å². The number of hydrogen-bond acceptors (Lipinski definition) is 2. The van der Waals surface area contributed by atoms with Crippen LogP contribution in [0.4, 0.5) is 13.2 Å². The van der Waals surface area contributed by atoms with Gasteiger partial charge in [0.2, 0.25) is 0 Å². The number of halogens is 3. The number of benzene rings is 1. The standard InChI is InChI=1S/C13H13F3N2/c14-10-8-12(15)11(13(16)9-10)2-1-5-18-6-3-17-4-7-18/h8-9,17H,3-7H2. The van der Waals surface area contributed by atoms with Crippen LogP contribution in [0.3, 0.4) is 0 Å². The third-order valence-corrected chi connectivity index (χ3v) is 2.73. The predicted octanol–water partition coefficient (Wildman–Crippen LogP) is 1.36. The van der Waals surface area contributed by atoms with Crippen LogP contribution in [0.5, 0.6) is 0 Å². The van der Waals surface area contributed by atoms with Crippen LogP contribution in [0.2, 0.25) is 0 Å². The van der Waals surface area contributed by atoms with Gasteiger partial charge in [-0.25, -0.2) is 13.2 Å². The lowest BCUT2D eigenvalue weighted by Gasteiger charge is -2.24. The molecule has 1 aromatic carbocycles. The van der Waals surface area contributed by atoms with E-state index in [2.05, 4.69) is 22.1 Å². The Bertz CT molecular complexity index is 462. The molecule has 0 bridgehead atoms. The first kappa shape index (κ1) is 12.9. The third-order valence-electron chi connectivity index (χ3n) is 2.73. The topological polar surface area (TPSA) is 15.3 Å². The first-order chi connectivity index (χ1) is 8.66. The lowest BCUT2D eigenvalue weighted by atomic mass is 10.2. The minimum absolute atomic E-state index is 0.369. The van der Waals surface area contributed by atoms with Gasteiger partial charge in [-0.15, -0.1) is 0 Å². The highest BCUT2D eigenvalue weighted by Crippen LogP contribution is 2.13. The summed E-state index contributed by atoms with van der Waals surface area (Å²) < 4.78 is 39.2. The fraction of sp³-hybridized carbons (Fsp3) is 0.385. The second kappa shape index (κ2) is 5.89.